The molecule has 2 N–H and O–H groups in total. The molecule has 1 aliphatic heterocycles. The van der Waals surface area contributed by atoms with Crippen molar-refractivity contribution in [1.82, 2.24) is 4.90 Å². The Hall–Kier alpha value is -1.95. The fraction of sp³-hybridized carbons (Fsp3) is 0.385. The molecule has 1 fully saturated rings. The molecule has 1 atom stereocenters. The average Bonchev–Trinajstić information content (AvgIpc) is 2.88. The Labute approximate surface area is 122 Å². The van der Waals surface area contributed by atoms with E-state index in [0.29, 0.717) is 23.1 Å². The number of amides is 1. The lowest BCUT2D eigenvalue weighted by Gasteiger charge is -2.21. The van der Waals surface area contributed by atoms with Crippen LogP contribution in [0.2, 0.25) is 5.02 Å². The van der Waals surface area contributed by atoms with Crippen molar-refractivity contribution in [1.29, 1.82) is 0 Å². The van der Waals surface area contributed by atoms with E-state index in [9.17, 15) is 4.79 Å². The molecule has 1 aromatic rings. The van der Waals surface area contributed by atoms with Crippen LogP contribution >= 0.6 is 11.6 Å². The second kappa shape index (κ2) is 6.47. The van der Waals surface area contributed by atoms with E-state index in [1.807, 2.05) is 0 Å². The highest BCUT2D eigenvalue weighted by Gasteiger charge is 2.29. The van der Waals surface area contributed by atoms with Gasteiger partial charge in [-0.2, -0.15) is 0 Å². The van der Waals surface area contributed by atoms with Crippen molar-refractivity contribution >= 4 is 29.0 Å². The normalized spacial score (nSPS) is 19.8. The zero-order valence-electron chi connectivity index (χ0n) is 11.2. The molecule has 1 saturated heterocycles. The Morgan fingerprint density at radius 2 is 2.30 bits per heavy atom. The van der Waals surface area contributed by atoms with Crippen LogP contribution in [0.5, 0.6) is 0 Å². The van der Waals surface area contributed by atoms with Crippen molar-refractivity contribution in [2.75, 3.05) is 6.54 Å². The first-order valence-corrected chi connectivity index (χ1v) is 6.72. The van der Waals surface area contributed by atoms with Crippen LogP contribution < -0.4 is 5.73 Å². The van der Waals surface area contributed by atoms with E-state index >= 15 is 0 Å². The second-order valence-corrected chi connectivity index (χ2v) is 5.00. The van der Waals surface area contributed by atoms with Gasteiger partial charge in [0.15, 0.2) is 0 Å². The summed E-state index contributed by atoms with van der Waals surface area (Å²) in [6.45, 7) is 2.24. The molecule has 1 heterocycles. The number of carbonyl (C=O) groups excluding carboxylic acids is 1. The Morgan fingerprint density at radius 3 is 3.00 bits per heavy atom. The van der Waals surface area contributed by atoms with Gasteiger partial charge in [-0.15, -0.1) is 10.2 Å². The first-order valence-electron chi connectivity index (χ1n) is 6.35. The van der Waals surface area contributed by atoms with Crippen LogP contribution in [-0.4, -0.2) is 29.2 Å². The third-order valence-electron chi connectivity index (χ3n) is 3.13. The third kappa shape index (κ3) is 3.54. The summed E-state index contributed by atoms with van der Waals surface area (Å²) in [5.74, 6) is 0.306. The van der Waals surface area contributed by atoms with E-state index in [0.717, 1.165) is 12.8 Å². The summed E-state index contributed by atoms with van der Waals surface area (Å²) in [6.07, 6.45) is 1.73. The summed E-state index contributed by atoms with van der Waals surface area (Å²) in [4.78, 5) is 13.1. The molecule has 20 heavy (non-hydrogen) atoms. The molecule has 1 aromatic carbocycles. The topological polar surface area (TPSA) is 83.4 Å². The highest BCUT2D eigenvalue weighted by Crippen LogP contribution is 2.19. The number of hydrogen-bond acceptors (Lipinski definition) is 3. The molecule has 0 aliphatic carbocycles. The fourth-order valence-corrected chi connectivity index (χ4v) is 2.37. The average molecular weight is 294 g/mol. The molecule has 0 radical (unpaired) electrons. The second-order valence-electron chi connectivity index (χ2n) is 4.56. The van der Waals surface area contributed by atoms with Gasteiger partial charge < -0.3 is 10.6 Å². The minimum atomic E-state index is -0.175. The van der Waals surface area contributed by atoms with Crippen molar-refractivity contribution in [2.24, 2.45) is 21.2 Å². The summed E-state index contributed by atoms with van der Waals surface area (Å²) in [7, 11) is 0. The van der Waals surface area contributed by atoms with Crippen LogP contribution in [0.15, 0.2) is 39.7 Å². The predicted octanol–water partition coefficient (Wildman–Crippen LogP) is 2.71. The monoisotopic (exact) mass is 293 g/mol. The molecule has 106 valence electrons. The van der Waals surface area contributed by atoms with E-state index in [-0.39, 0.29) is 11.9 Å². The maximum absolute atomic E-state index is 11.4. The van der Waals surface area contributed by atoms with Gasteiger partial charge in [0, 0.05) is 18.5 Å². The van der Waals surface area contributed by atoms with Crippen LogP contribution in [0.25, 0.3) is 0 Å². The van der Waals surface area contributed by atoms with E-state index in [1.54, 1.807) is 29.2 Å². The Balaban J connectivity index is 2.05. The number of likely N-dealkylation sites (tertiary alicyclic amines) is 1. The summed E-state index contributed by atoms with van der Waals surface area (Å²) < 4.78 is 0. The lowest BCUT2D eigenvalue weighted by molar-refractivity contribution is -0.128. The molecule has 1 aliphatic rings. The van der Waals surface area contributed by atoms with E-state index in [2.05, 4.69) is 15.4 Å². The Kier molecular flexibility index (Phi) is 4.68. The molecular formula is C13H16ClN5O. The lowest BCUT2D eigenvalue weighted by Crippen LogP contribution is -2.42. The number of nitrogens with two attached hydrogens (primary N) is 1. The van der Waals surface area contributed by atoms with E-state index in [4.69, 9.17) is 17.3 Å². The van der Waals surface area contributed by atoms with Crippen LogP contribution in [0.3, 0.4) is 0 Å². The van der Waals surface area contributed by atoms with Crippen molar-refractivity contribution < 1.29 is 4.79 Å². The molecule has 2 rings (SSSR count). The molecule has 1 amide bonds. The number of nitrogens with zero attached hydrogens (tertiary/aromatic N) is 4. The van der Waals surface area contributed by atoms with Gasteiger partial charge in [-0.05, 0) is 36.3 Å². The van der Waals surface area contributed by atoms with E-state index < -0.39 is 0 Å². The maximum atomic E-state index is 11.4. The molecule has 0 spiro atoms. The number of benzene rings is 1. The zero-order chi connectivity index (χ0) is 14.5. The third-order valence-corrected chi connectivity index (χ3v) is 3.36. The Morgan fingerprint density at radius 1 is 1.50 bits per heavy atom. The smallest absolute Gasteiger partial charge is 0.220 e. The summed E-state index contributed by atoms with van der Waals surface area (Å²) in [6, 6.07) is 6.79. The quantitative estimate of drug-likeness (QED) is 0.402. The molecule has 0 bridgehead atoms. The highest BCUT2D eigenvalue weighted by atomic mass is 35.5. The van der Waals surface area contributed by atoms with Gasteiger partial charge in [-0.25, -0.2) is 0 Å². The van der Waals surface area contributed by atoms with Gasteiger partial charge in [-0.1, -0.05) is 17.7 Å². The molecular weight excluding hydrogens is 278 g/mol. The summed E-state index contributed by atoms with van der Waals surface area (Å²) >= 11 is 5.84. The van der Waals surface area contributed by atoms with Crippen molar-refractivity contribution in [2.45, 2.75) is 25.8 Å². The van der Waals surface area contributed by atoms with Gasteiger partial charge in [0.05, 0.1) is 11.7 Å². The minimum absolute atomic E-state index is 0.00238. The highest BCUT2D eigenvalue weighted by molar-refractivity contribution is 6.30. The van der Waals surface area contributed by atoms with Crippen LogP contribution in [-0.2, 0) is 4.79 Å². The van der Waals surface area contributed by atoms with Crippen molar-refractivity contribution in [3.05, 3.63) is 29.3 Å². The molecule has 0 saturated carbocycles. The lowest BCUT2D eigenvalue weighted by atomic mass is 10.2. The standard InChI is InChI=1S/C13H16ClN5O/c1-9(20)19-7-3-6-12(19)13(15)17-18-16-11-5-2-4-10(14)8-11/h2,4-5,8,12H,3,6-7H2,1H3,(H2,15,16,17). The van der Waals surface area contributed by atoms with Gasteiger partial charge in [0.2, 0.25) is 5.91 Å². The predicted molar refractivity (Wildman–Crippen MR) is 78.0 cm³/mol. The molecule has 7 heteroatoms. The maximum Gasteiger partial charge on any atom is 0.220 e. The number of rotatable bonds is 3. The minimum Gasteiger partial charge on any atom is -0.384 e. The van der Waals surface area contributed by atoms with Crippen LogP contribution in [0.4, 0.5) is 5.69 Å². The summed E-state index contributed by atoms with van der Waals surface area (Å²) in [5.41, 5.74) is 6.48. The van der Waals surface area contributed by atoms with Crippen molar-refractivity contribution in [3.63, 3.8) is 0 Å². The Bertz CT molecular complexity index is 557. The SMILES string of the molecule is CC(=O)N1CCCC1/C(N)=N/N=Nc1cccc(Cl)c1. The number of carbonyl (C=O) groups is 1. The number of hydrogen-bond donors (Lipinski definition) is 1. The first-order chi connectivity index (χ1) is 9.58. The zero-order valence-corrected chi connectivity index (χ0v) is 11.9. The summed E-state index contributed by atoms with van der Waals surface area (Å²) in [5, 5.41) is 12.1. The van der Waals surface area contributed by atoms with Gasteiger partial charge in [0.1, 0.15) is 5.84 Å². The largest absolute Gasteiger partial charge is 0.384 e. The van der Waals surface area contributed by atoms with Crippen LogP contribution in [0.1, 0.15) is 19.8 Å². The molecule has 6 nitrogen and oxygen atoms in total. The number of amidine groups is 1. The van der Waals surface area contributed by atoms with Gasteiger partial charge in [0.25, 0.3) is 0 Å². The molecule has 1 unspecified atom stereocenters. The van der Waals surface area contributed by atoms with Gasteiger partial charge in [-0.3, -0.25) is 4.79 Å². The molecule has 0 aromatic heterocycles. The van der Waals surface area contributed by atoms with Crippen LogP contribution in [0, 0.1) is 0 Å². The van der Waals surface area contributed by atoms with Crippen molar-refractivity contribution in [3.8, 4) is 0 Å². The fourth-order valence-electron chi connectivity index (χ4n) is 2.18. The van der Waals surface area contributed by atoms with Gasteiger partial charge >= 0.3 is 0 Å². The first kappa shape index (κ1) is 14.5. The number of halogens is 1. The van der Waals surface area contributed by atoms with E-state index in [1.165, 1.54) is 6.92 Å².